The molecule has 0 aliphatic heterocycles. The highest BCUT2D eigenvalue weighted by Gasteiger charge is 2.09. The van der Waals surface area contributed by atoms with Crippen molar-refractivity contribution in [1.82, 2.24) is 0 Å². The molecule has 0 amide bonds. The van der Waals surface area contributed by atoms with E-state index in [0.29, 0.717) is 13.2 Å². The molecule has 0 aliphatic rings. The van der Waals surface area contributed by atoms with E-state index >= 15 is 0 Å². The van der Waals surface area contributed by atoms with E-state index in [0.717, 1.165) is 17.5 Å². The van der Waals surface area contributed by atoms with E-state index in [9.17, 15) is 0 Å². The van der Waals surface area contributed by atoms with Gasteiger partial charge in [-0.25, -0.2) is 0 Å². The van der Waals surface area contributed by atoms with Crippen LogP contribution < -0.4 is 0 Å². The van der Waals surface area contributed by atoms with Crippen LogP contribution >= 0.6 is 0 Å². The fourth-order valence-electron chi connectivity index (χ4n) is 2.79. The van der Waals surface area contributed by atoms with Crippen LogP contribution in [-0.2, 0) is 15.9 Å². The molecule has 3 aromatic rings. The summed E-state index contributed by atoms with van der Waals surface area (Å²) in [5.74, 6) is 0. The van der Waals surface area contributed by atoms with E-state index in [-0.39, 0.29) is 6.29 Å². The molecule has 0 saturated carbocycles. The lowest BCUT2D eigenvalue weighted by atomic mass is 10.1. The van der Waals surface area contributed by atoms with Crippen molar-refractivity contribution in [2.75, 3.05) is 13.2 Å². The third kappa shape index (κ3) is 7.36. The van der Waals surface area contributed by atoms with Gasteiger partial charge in [-0.05, 0) is 16.7 Å². The van der Waals surface area contributed by atoms with Crippen molar-refractivity contribution in [2.45, 2.75) is 12.7 Å². The van der Waals surface area contributed by atoms with Crippen LogP contribution in [0.5, 0.6) is 0 Å². The highest BCUT2D eigenvalue weighted by Crippen LogP contribution is 2.09. The normalized spacial score (nSPS) is 12.6. The van der Waals surface area contributed by atoms with Crippen molar-refractivity contribution in [3.05, 3.63) is 120 Å². The Kier molecular flexibility index (Phi) is 8.28. The molecule has 142 valence electrons. The molecule has 0 aromatic heterocycles. The van der Waals surface area contributed by atoms with Crippen molar-refractivity contribution < 1.29 is 9.47 Å². The van der Waals surface area contributed by atoms with Crippen molar-refractivity contribution in [1.29, 1.82) is 0 Å². The molecule has 0 saturated heterocycles. The molecular formula is C26H26O2. The average molecular weight is 370 g/mol. The molecule has 0 aliphatic carbocycles. The Morgan fingerprint density at radius 2 is 1.00 bits per heavy atom. The molecule has 3 aromatic carbocycles. The zero-order valence-corrected chi connectivity index (χ0v) is 16.0. The van der Waals surface area contributed by atoms with E-state index in [2.05, 4.69) is 48.6 Å². The molecule has 0 fully saturated rings. The Morgan fingerprint density at radius 3 is 1.46 bits per heavy atom. The minimum atomic E-state index is -0.289. The van der Waals surface area contributed by atoms with Crippen molar-refractivity contribution in [3.63, 3.8) is 0 Å². The Balaban J connectivity index is 1.52. The second-order valence-electron chi connectivity index (χ2n) is 6.41. The molecule has 0 spiro atoms. The molecule has 2 nitrogen and oxygen atoms in total. The Labute approximate surface area is 167 Å². The van der Waals surface area contributed by atoms with Gasteiger partial charge >= 0.3 is 0 Å². The van der Waals surface area contributed by atoms with Crippen molar-refractivity contribution in [3.8, 4) is 0 Å². The summed E-state index contributed by atoms with van der Waals surface area (Å²) in [6.45, 7) is 1.02. The third-order valence-electron chi connectivity index (χ3n) is 4.22. The number of ether oxygens (including phenoxy) is 2. The first kappa shape index (κ1) is 19.8. The number of hydrogen-bond donors (Lipinski definition) is 0. The fourth-order valence-corrected chi connectivity index (χ4v) is 2.79. The van der Waals surface area contributed by atoms with Crippen LogP contribution in [0.15, 0.2) is 103 Å². The maximum absolute atomic E-state index is 5.98. The lowest BCUT2D eigenvalue weighted by molar-refractivity contribution is -0.125. The molecule has 3 rings (SSSR count). The van der Waals surface area contributed by atoms with Crippen LogP contribution in [0.4, 0.5) is 0 Å². The quantitative estimate of drug-likeness (QED) is 0.407. The first-order valence-corrected chi connectivity index (χ1v) is 9.60. The highest BCUT2D eigenvalue weighted by molar-refractivity contribution is 5.49. The topological polar surface area (TPSA) is 18.5 Å². The van der Waals surface area contributed by atoms with Gasteiger partial charge in [0.2, 0.25) is 0 Å². The summed E-state index contributed by atoms with van der Waals surface area (Å²) in [6.07, 6.45) is 8.61. The standard InChI is InChI=1S/C26H26O2/c1-4-12-23(13-5-1)18-10-20-27-26(22-25-16-8-3-9-17-25)28-21-11-19-24-14-6-2-7-15-24/h1-19,26H,20-22H2/b18-10-,19-11+. The zero-order chi connectivity index (χ0) is 19.3. The van der Waals surface area contributed by atoms with Gasteiger partial charge < -0.3 is 9.47 Å². The predicted octanol–water partition coefficient (Wildman–Crippen LogP) is 6.02. The van der Waals surface area contributed by atoms with Gasteiger partial charge in [0.15, 0.2) is 6.29 Å². The molecule has 0 radical (unpaired) electrons. The summed E-state index contributed by atoms with van der Waals surface area (Å²) in [4.78, 5) is 0. The average Bonchev–Trinajstić information content (AvgIpc) is 2.76. The lowest BCUT2D eigenvalue weighted by Gasteiger charge is -2.17. The van der Waals surface area contributed by atoms with Crippen LogP contribution in [0, 0.1) is 0 Å². The summed E-state index contributed by atoms with van der Waals surface area (Å²) in [7, 11) is 0. The Hall–Kier alpha value is -2.94. The van der Waals surface area contributed by atoms with Crippen LogP contribution in [0.25, 0.3) is 12.2 Å². The second-order valence-corrected chi connectivity index (χ2v) is 6.41. The highest BCUT2D eigenvalue weighted by atomic mass is 16.7. The van der Waals surface area contributed by atoms with E-state index in [1.807, 2.05) is 66.7 Å². The van der Waals surface area contributed by atoms with Gasteiger partial charge in [0.25, 0.3) is 0 Å². The summed E-state index contributed by atoms with van der Waals surface area (Å²) < 4.78 is 12.0. The van der Waals surface area contributed by atoms with Crippen LogP contribution in [0.1, 0.15) is 16.7 Å². The molecule has 2 heteroatoms. The third-order valence-corrected chi connectivity index (χ3v) is 4.22. The summed E-state index contributed by atoms with van der Waals surface area (Å²) >= 11 is 0. The fraction of sp³-hybridized carbons (Fsp3) is 0.154. The smallest absolute Gasteiger partial charge is 0.162 e. The van der Waals surface area contributed by atoms with Gasteiger partial charge in [-0.1, -0.05) is 115 Å². The van der Waals surface area contributed by atoms with Crippen LogP contribution in [0.3, 0.4) is 0 Å². The minimum Gasteiger partial charge on any atom is -0.348 e. The Morgan fingerprint density at radius 1 is 0.571 bits per heavy atom. The Bertz CT molecular complexity index is 786. The van der Waals surface area contributed by atoms with Gasteiger partial charge in [0.1, 0.15) is 0 Å². The maximum Gasteiger partial charge on any atom is 0.162 e. The van der Waals surface area contributed by atoms with E-state index in [1.54, 1.807) is 0 Å². The van der Waals surface area contributed by atoms with Gasteiger partial charge in [0, 0.05) is 6.42 Å². The molecule has 28 heavy (non-hydrogen) atoms. The lowest BCUT2D eigenvalue weighted by Crippen LogP contribution is -2.20. The first-order valence-electron chi connectivity index (χ1n) is 9.60. The zero-order valence-electron chi connectivity index (χ0n) is 16.0. The van der Waals surface area contributed by atoms with Crippen LogP contribution in [0.2, 0.25) is 0 Å². The number of rotatable bonds is 10. The van der Waals surface area contributed by atoms with Gasteiger partial charge in [-0.3, -0.25) is 0 Å². The van der Waals surface area contributed by atoms with E-state index in [4.69, 9.17) is 9.47 Å². The van der Waals surface area contributed by atoms with E-state index in [1.165, 1.54) is 5.56 Å². The SMILES string of the molecule is C(=C/c1ccccc1)/COC(Cc1ccccc1)OC/C=C/c1ccccc1. The van der Waals surface area contributed by atoms with Crippen molar-refractivity contribution in [2.24, 2.45) is 0 Å². The number of benzene rings is 3. The molecule has 0 heterocycles. The monoisotopic (exact) mass is 370 g/mol. The molecule has 1 atom stereocenters. The van der Waals surface area contributed by atoms with Gasteiger partial charge in [0.05, 0.1) is 13.2 Å². The van der Waals surface area contributed by atoms with Gasteiger partial charge in [-0.15, -0.1) is 0 Å². The molecular weight excluding hydrogens is 344 g/mol. The maximum atomic E-state index is 5.98. The minimum absolute atomic E-state index is 0.289. The predicted molar refractivity (Wildman–Crippen MR) is 117 cm³/mol. The number of hydrogen-bond acceptors (Lipinski definition) is 2. The molecule has 0 bridgehead atoms. The summed E-state index contributed by atoms with van der Waals surface area (Å²) in [5.41, 5.74) is 3.53. The van der Waals surface area contributed by atoms with E-state index < -0.39 is 0 Å². The van der Waals surface area contributed by atoms with Crippen LogP contribution in [-0.4, -0.2) is 19.5 Å². The second kappa shape index (κ2) is 11.7. The summed E-state index contributed by atoms with van der Waals surface area (Å²) in [5, 5.41) is 0. The summed E-state index contributed by atoms with van der Waals surface area (Å²) in [6, 6.07) is 30.7. The largest absolute Gasteiger partial charge is 0.348 e. The van der Waals surface area contributed by atoms with Crippen molar-refractivity contribution >= 4 is 12.2 Å². The van der Waals surface area contributed by atoms with Gasteiger partial charge in [-0.2, -0.15) is 0 Å². The molecule has 0 N–H and O–H groups in total. The first-order chi connectivity index (χ1) is 13.9. The molecule has 1 unspecified atom stereocenters.